The van der Waals surface area contributed by atoms with Crippen LogP contribution in [0, 0.1) is 28.5 Å². The fraction of sp³-hybridized carbons (Fsp3) is 0.217. The summed E-state index contributed by atoms with van der Waals surface area (Å²) in [6.07, 6.45) is 7.32. The zero-order chi connectivity index (χ0) is 21.1. The molecule has 0 saturated carbocycles. The monoisotopic (exact) mass is 399 g/mol. The number of benzene rings is 1. The number of hydrogen-bond donors (Lipinski definition) is 1. The highest BCUT2D eigenvalue weighted by molar-refractivity contribution is 5.77. The molecule has 6 nitrogen and oxygen atoms in total. The van der Waals surface area contributed by atoms with E-state index in [-0.39, 0.29) is 18.6 Å². The van der Waals surface area contributed by atoms with E-state index in [9.17, 15) is 10.5 Å². The van der Waals surface area contributed by atoms with Crippen molar-refractivity contribution < 1.29 is 9.13 Å². The zero-order valence-corrected chi connectivity index (χ0v) is 16.3. The molecule has 2 heterocycles. The Morgan fingerprint density at radius 3 is 2.87 bits per heavy atom. The summed E-state index contributed by atoms with van der Waals surface area (Å²) < 4.78 is 21.5. The maximum Gasteiger partial charge on any atom is 0.218 e. The second-order valence-electron chi connectivity index (χ2n) is 7.08. The summed E-state index contributed by atoms with van der Waals surface area (Å²) in [7, 11) is 0. The fourth-order valence-electron chi connectivity index (χ4n) is 3.54. The third kappa shape index (κ3) is 3.42. The number of nitriles is 2. The number of aryl methyl sites for hydroxylation is 1. The fourth-order valence-corrected chi connectivity index (χ4v) is 3.54. The highest BCUT2D eigenvalue weighted by Crippen LogP contribution is 2.35. The molecule has 4 rings (SSSR count). The number of aromatic nitrogens is 3. The van der Waals surface area contributed by atoms with Crippen LogP contribution in [0.4, 0.5) is 4.39 Å². The lowest BCUT2D eigenvalue weighted by Crippen LogP contribution is -2.34. The lowest BCUT2D eigenvalue weighted by atomic mass is 9.91. The number of rotatable bonds is 5. The van der Waals surface area contributed by atoms with Crippen molar-refractivity contribution >= 4 is 11.0 Å². The molecule has 0 fully saturated rings. The van der Waals surface area contributed by atoms with Gasteiger partial charge >= 0.3 is 0 Å². The quantitative estimate of drug-likeness (QED) is 0.690. The predicted octanol–water partition coefficient (Wildman–Crippen LogP) is 4.30. The molecule has 0 amide bonds. The molecule has 1 atom stereocenters. The highest BCUT2D eigenvalue weighted by atomic mass is 19.1. The number of aromatic amines is 1. The van der Waals surface area contributed by atoms with Gasteiger partial charge in [-0.1, -0.05) is 25.1 Å². The Hall–Kier alpha value is -3.97. The maximum absolute atomic E-state index is 15.6. The van der Waals surface area contributed by atoms with Gasteiger partial charge in [0.25, 0.3) is 0 Å². The molecule has 30 heavy (non-hydrogen) atoms. The minimum atomic E-state index is -1.42. The van der Waals surface area contributed by atoms with Crippen LogP contribution in [0.3, 0.4) is 0 Å². The standard InChI is InChI=1S/C23H18FN5O/c1-2-16-7-8-17(11-19-18-6-4-10-27-22(18)29-28-19)20(24)21(16)30-23(14-26)9-3-5-15(12-23)13-25/h3-10H,2,11-12H2,1H3,(H,27,28,29). The number of fused-ring (bicyclic) bond motifs is 1. The Morgan fingerprint density at radius 2 is 2.10 bits per heavy atom. The summed E-state index contributed by atoms with van der Waals surface area (Å²) in [5.74, 6) is -0.473. The van der Waals surface area contributed by atoms with Gasteiger partial charge in [0.1, 0.15) is 6.07 Å². The SMILES string of the molecule is CCc1ccc(Cc2[nH]nc3ncccc23)c(F)c1OC1(C#N)C=CC=C(C#N)C1. The number of halogens is 1. The van der Waals surface area contributed by atoms with Crippen LogP contribution in [0.15, 0.2) is 54.3 Å². The van der Waals surface area contributed by atoms with E-state index in [1.54, 1.807) is 36.6 Å². The maximum atomic E-state index is 15.6. The largest absolute Gasteiger partial charge is 0.465 e. The second kappa shape index (κ2) is 7.81. The average molecular weight is 399 g/mol. The normalized spacial score (nSPS) is 17.9. The lowest BCUT2D eigenvalue weighted by Gasteiger charge is -2.28. The molecule has 0 saturated heterocycles. The van der Waals surface area contributed by atoms with Crippen LogP contribution >= 0.6 is 0 Å². The summed E-state index contributed by atoms with van der Waals surface area (Å²) >= 11 is 0. The van der Waals surface area contributed by atoms with Gasteiger partial charge in [-0.05, 0) is 41.8 Å². The molecule has 1 aromatic carbocycles. The van der Waals surface area contributed by atoms with Gasteiger partial charge < -0.3 is 4.74 Å². The van der Waals surface area contributed by atoms with E-state index < -0.39 is 11.4 Å². The number of H-pyrrole nitrogens is 1. The molecule has 1 aliphatic carbocycles. The topological polar surface area (TPSA) is 98.4 Å². The van der Waals surface area contributed by atoms with Crippen molar-refractivity contribution in [2.75, 3.05) is 0 Å². The molecule has 0 spiro atoms. The van der Waals surface area contributed by atoms with E-state index in [0.29, 0.717) is 28.8 Å². The van der Waals surface area contributed by atoms with Crippen molar-refractivity contribution in [1.82, 2.24) is 15.2 Å². The molecule has 0 radical (unpaired) electrons. The average Bonchev–Trinajstić information content (AvgIpc) is 3.19. The van der Waals surface area contributed by atoms with E-state index in [4.69, 9.17) is 4.74 Å². The van der Waals surface area contributed by atoms with Gasteiger partial charge in [-0.3, -0.25) is 5.10 Å². The molecule has 1 unspecified atom stereocenters. The van der Waals surface area contributed by atoms with E-state index in [0.717, 1.165) is 11.1 Å². The van der Waals surface area contributed by atoms with E-state index in [1.807, 2.05) is 25.1 Å². The molecule has 3 aromatic rings. The first kappa shape index (κ1) is 19.4. The van der Waals surface area contributed by atoms with Crippen molar-refractivity contribution in [3.63, 3.8) is 0 Å². The number of nitrogens with zero attached hydrogens (tertiary/aromatic N) is 4. The molecule has 1 N–H and O–H groups in total. The summed E-state index contributed by atoms with van der Waals surface area (Å²) in [5, 5.41) is 26.9. The van der Waals surface area contributed by atoms with Crippen molar-refractivity contribution in [3.8, 4) is 17.9 Å². The molecule has 0 bridgehead atoms. The van der Waals surface area contributed by atoms with Crippen molar-refractivity contribution in [3.05, 3.63) is 76.9 Å². The Kier molecular flexibility index (Phi) is 5.04. The minimum absolute atomic E-state index is 0.0438. The van der Waals surface area contributed by atoms with Crippen LogP contribution < -0.4 is 4.74 Å². The van der Waals surface area contributed by atoms with Gasteiger partial charge in [-0.25, -0.2) is 9.37 Å². The second-order valence-corrected chi connectivity index (χ2v) is 7.08. The number of allylic oxidation sites excluding steroid dienone is 2. The number of pyridine rings is 1. The number of ether oxygens (including phenoxy) is 1. The first-order chi connectivity index (χ1) is 14.6. The van der Waals surface area contributed by atoms with Gasteiger partial charge in [-0.15, -0.1) is 0 Å². The minimum Gasteiger partial charge on any atom is -0.465 e. The summed E-state index contributed by atoms with van der Waals surface area (Å²) in [6, 6.07) is 11.4. The van der Waals surface area contributed by atoms with E-state index >= 15 is 4.39 Å². The summed E-state index contributed by atoms with van der Waals surface area (Å²) in [4.78, 5) is 4.19. The summed E-state index contributed by atoms with van der Waals surface area (Å²) in [5.41, 5.74) is 1.37. The first-order valence-corrected chi connectivity index (χ1v) is 9.56. The van der Waals surface area contributed by atoms with Crippen LogP contribution in [0.5, 0.6) is 5.75 Å². The van der Waals surface area contributed by atoms with Crippen molar-refractivity contribution in [1.29, 1.82) is 10.5 Å². The van der Waals surface area contributed by atoms with Gasteiger partial charge in [0.05, 0.1) is 6.07 Å². The Morgan fingerprint density at radius 1 is 1.27 bits per heavy atom. The van der Waals surface area contributed by atoms with Crippen LogP contribution in [-0.2, 0) is 12.8 Å². The van der Waals surface area contributed by atoms with E-state index in [1.165, 1.54) is 0 Å². The molecule has 7 heteroatoms. The van der Waals surface area contributed by atoms with E-state index in [2.05, 4.69) is 21.3 Å². The predicted molar refractivity (Wildman–Crippen MR) is 109 cm³/mol. The Bertz CT molecular complexity index is 1260. The number of nitrogens with one attached hydrogen (secondary N) is 1. The Labute approximate surface area is 172 Å². The molecular formula is C23H18FN5O. The van der Waals surface area contributed by atoms with Crippen LogP contribution in [-0.4, -0.2) is 20.8 Å². The van der Waals surface area contributed by atoms with Crippen LogP contribution in [0.1, 0.15) is 30.2 Å². The van der Waals surface area contributed by atoms with Crippen LogP contribution in [0.25, 0.3) is 11.0 Å². The van der Waals surface area contributed by atoms with Crippen molar-refractivity contribution in [2.45, 2.75) is 31.8 Å². The van der Waals surface area contributed by atoms with Gasteiger partial charge in [-0.2, -0.15) is 15.6 Å². The summed E-state index contributed by atoms with van der Waals surface area (Å²) in [6.45, 7) is 1.89. The molecule has 148 valence electrons. The highest BCUT2D eigenvalue weighted by Gasteiger charge is 2.34. The third-order valence-corrected chi connectivity index (χ3v) is 5.15. The smallest absolute Gasteiger partial charge is 0.218 e. The van der Waals surface area contributed by atoms with Crippen molar-refractivity contribution in [2.24, 2.45) is 0 Å². The lowest BCUT2D eigenvalue weighted by molar-refractivity contribution is 0.168. The van der Waals surface area contributed by atoms with Crippen LogP contribution in [0.2, 0.25) is 0 Å². The zero-order valence-electron chi connectivity index (χ0n) is 16.3. The Balaban J connectivity index is 1.72. The molecule has 2 aromatic heterocycles. The molecular weight excluding hydrogens is 381 g/mol. The third-order valence-electron chi connectivity index (χ3n) is 5.15. The molecule has 0 aliphatic heterocycles. The number of hydrogen-bond acceptors (Lipinski definition) is 5. The first-order valence-electron chi connectivity index (χ1n) is 9.56. The van der Waals surface area contributed by atoms with Gasteiger partial charge in [0.15, 0.2) is 17.2 Å². The van der Waals surface area contributed by atoms with Gasteiger partial charge in [0, 0.05) is 35.7 Å². The van der Waals surface area contributed by atoms with Gasteiger partial charge in [0.2, 0.25) is 5.60 Å². The molecule has 1 aliphatic rings.